The van der Waals surface area contributed by atoms with Gasteiger partial charge in [-0.1, -0.05) is 48.0 Å². The van der Waals surface area contributed by atoms with Crippen molar-refractivity contribution in [3.63, 3.8) is 0 Å². The molecule has 0 radical (unpaired) electrons. The molecule has 0 spiro atoms. The van der Waals surface area contributed by atoms with Crippen LogP contribution in [-0.2, 0) is 4.79 Å². The Hall–Kier alpha value is -2.88. The fourth-order valence-corrected chi connectivity index (χ4v) is 2.25. The lowest BCUT2D eigenvalue weighted by Crippen LogP contribution is -2.24. The number of hydrogen-bond donors (Lipinski definition) is 1. The van der Waals surface area contributed by atoms with Gasteiger partial charge in [0, 0.05) is 11.1 Å². The van der Waals surface area contributed by atoms with Crippen molar-refractivity contribution in [2.75, 3.05) is 7.11 Å². The molecule has 1 heterocycles. The zero-order valence-electron chi connectivity index (χ0n) is 12.5. The first kappa shape index (κ1) is 14.1. The Morgan fingerprint density at radius 3 is 2.55 bits per heavy atom. The van der Waals surface area contributed by atoms with Crippen molar-refractivity contribution in [2.24, 2.45) is 4.99 Å². The van der Waals surface area contributed by atoms with Gasteiger partial charge in [-0.05, 0) is 19.1 Å². The third-order valence-corrected chi connectivity index (χ3v) is 3.45. The molecule has 4 heteroatoms. The van der Waals surface area contributed by atoms with E-state index < -0.39 is 0 Å². The molecule has 110 valence electrons. The van der Waals surface area contributed by atoms with E-state index in [-0.39, 0.29) is 5.91 Å². The zero-order valence-corrected chi connectivity index (χ0v) is 12.5. The van der Waals surface area contributed by atoms with Gasteiger partial charge in [-0.15, -0.1) is 0 Å². The Bertz CT molecular complexity index is 774. The van der Waals surface area contributed by atoms with Crippen LogP contribution in [0.4, 0.5) is 0 Å². The van der Waals surface area contributed by atoms with Gasteiger partial charge < -0.3 is 10.1 Å². The van der Waals surface area contributed by atoms with Crippen LogP contribution in [0.3, 0.4) is 0 Å². The lowest BCUT2D eigenvalue weighted by Gasteiger charge is -2.03. The van der Waals surface area contributed by atoms with Crippen LogP contribution < -0.4 is 10.1 Å². The van der Waals surface area contributed by atoms with E-state index in [4.69, 9.17) is 4.74 Å². The first-order valence-electron chi connectivity index (χ1n) is 6.99. The number of ether oxygens (including phenoxy) is 1. The Balaban J connectivity index is 1.96. The molecule has 1 N–H and O–H groups in total. The van der Waals surface area contributed by atoms with E-state index in [1.807, 2.05) is 55.5 Å². The molecule has 0 saturated heterocycles. The number of nitrogens with one attached hydrogen (secondary N) is 1. The summed E-state index contributed by atoms with van der Waals surface area (Å²) < 4.78 is 5.29. The Morgan fingerprint density at radius 2 is 1.82 bits per heavy atom. The highest BCUT2D eigenvalue weighted by Gasteiger charge is 2.21. The number of methoxy groups -OCH3 is 1. The summed E-state index contributed by atoms with van der Waals surface area (Å²) in [6.07, 6.45) is 1.73. The molecule has 2 aromatic carbocycles. The SMILES string of the molecule is COc1ccccc1C=C1N=C(c2ccc(C)cc2)NC1=O. The normalized spacial score (nSPS) is 15.6. The molecule has 0 atom stereocenters. The van der Waals surface area contributed by atoms with Gasteiger partial charge in [0.25, 0.3) is 5.91 Å². The predicted octanol–water partition coefficient (Wildman–Crippen LogP) is 2.92. The Morgan fingerprint density at radius 1 is 1.09 bits per heavy atom. The van der Waals surface area contributed by atoms with Gasteiger partial charge in [0.2, 0.25) is 0 Å². The average molecular weight is 292 g/mol. The number of rotatable bonds is 3. The molecule has 1 amide bonds. The van der Waals surface area contributed by atoms with E-state index in [9.17, 15) is 4.79 Å². The number of carbonyl (C=O) groups excluding carboxylic acids is 1. The van der Waals surface area contributed by atoms with Crippen LogP contribution in [0, 0.1) is 6.92 Å². The maximum atomic E-state index is 12.1. The number of benzene rings is 2. The molecule has 3 rings (SSSR count). The van der Waals surface area contributed by atoms with E-state index in [1.165, 1.54) is 5.56 Å². The fraction of sp³-hybridized carbons (Fsp3) is 0.111. The number of aryl methyl sites for hydroxylation is 1. The molecule has 0 saturated carbocycles. The largest absolute Gasteiger partial charge is 0.496 e. The number of hydrogen-bond acceptors (Lipinski definition) is 3. The predicted molar refractivity (Wildman–Crippen MR) is 86.8 cm³/mol. The van der Waals surface area contributed by atoms with Crippen molar-refractivity contribution in [3.05, 3.63) is 70.9 Å². The maximum absolute atomic E-state index is 12.1. The number of carbonyl (C=O) groups is 1. The van der Waals surface area contributed by atoms with Crippen LogP contribution >= 0.6 is 0 Å². The molecular formula is C18H16N2O2. The van der Waals surface area contributed by atoms with E-state index in [0.717, 1.165) is 11.1 Å². The maximum Gasteiger partial charge on any atom is 0.275 e. The van der Waals surface area contributed by atoms with Crippen LogP contribution in [0.1, 0.15) is 16.7 Å². The molecule has 4 nitrogen and oxygen atoms in total. The van der Waals surface area contributed by atoms with Crippen LogP contribution in [0.15, 0.2) is 59.2 Å². The third-order valence-electron chi connectivity index (χ3n) is 3.45. The summed E-state index contributed by atoms with van der Waals surface area (Å²) in [4.78, 5) is 16.5. The highest BCUT2D eigenvalue weighted by molar-refractivity contribution is 6.19. The first-order chi connectivity index (χ1) is 10.7. The van der Waals surface area contributed by atoms with Gasteiger partial charge in [-0.25, -0.2) is 4.99 Å². The highest BCUT2D eigenvalue weighted by atomic mass is 16.5. The Kier molecular flexibility index (Phi) is 3.74. The van der Waals surface area contributed by atoms with Gasteiger partial charge in [-0.3, -0.25) is 4.79 Å². The number of nitrogens with zero attached hydrogens (tertiary/aromatic N) is 1. The van der Waals surface area contributed by atoms with Crippen molar-refractivity contribution in [2.45, 2.75) is 6.92 Å². The van der Waals surface area contributed by atoms with E-state index >= 15 is 0 Å². The third kappa shape index (κ3) is 2.76. The second-order valence-electron chi connectivity index (χ2n) is 5.05. The van der Waals surface area contributed by atoms with Crippen molar-refractivity contribution >= 4 is 17.8 Å². The van der Waals surface area contributed by atoms with Crippen LogP contribution in [0.25, 0.3) is 6.08 Å². The number of amides is 1. The van der Waals surface area contributed by atoms with E-state index in [2.05, 4.69) is 10.3 Å². The molecule has 22 heavy (non-hydrogen) atoms. The lowest BCUT2D eigenvalue weighted by atomic mass is 10.1. The molecule has 0 bridgehead atoms. The zero-order chi connectivity index (χ0) is 15.5. The van der Waals surface area contributed by atoms with Gasteiger partial charge >= 0.3 is 0 Å². The standard InChI is InChI=1S/C18H16N2O2/c1-12-7-9-13(10-8-12)17-19-15(18(21)20-17)11-14-5-3-4-6-16(14)22-2/h3-11H,1-2H3,(H,19,20,21). The van der Waals surface area contributed by atoms with Crippen molar-refractivity contribution in [3.8, 4) is 5.75 Å². The fourth-order valence-electron chi connectivity index (χ4n) is 2.25. The van der Waals surface area contributed by atoms with Crippen molar-refractivity contribution in [1.29, 1.82) is 0 Å². The molecule has 2 aromatic rings. The minimum absolute atomic E-state index is 0.207. The molecule has 0 aromatic heterocycles. The quantitative estimate of drug-likeness (QED) is 0.884. The summed E-state index contributed by atoms with van der Waals surface area (Å²) in [7, 11) is 1.60. The van der Waals surface area contributed by atoms with Crippen molar-refractivity contribution in [1.82, 2.24) is 5.32 Å². The molecule has 1 aliphatic rings. The van der Waals surface area contributed by atoms with Crippen molar-refractivity contribution < 1.29 is 9.53 Å². The molecular weight excluding hydrogens is 276 g/mol. The van der Waals surface area contributed by atoms with Crippen LogP contribution in [0.5, 0.6) is 5.75 Å². The molecule has 0 fully saturated rings. The number of para-hydroxylation sites is 1. The summed E-state index contributed by atoms with van der Waals surface area (Å²) in [6, 6.07) is 15.4. The van der Waals surface area contributed by atoms with Gasteiger partial charge in [0.15, 0.2) is 0 Å². The van der Waals surface area contributed by atoms with Crippen LogP contribution in [-0.4, -0.2) is 18.9 Å². The molecule has 1 aliphatic heterocycles. The van der Waals surface area contributed by atoms with Gasteiger partial charge in [0.1, 0.15) is 17.3 Å². The van der Waals surface area contributed by atoms with Gasteiger partial charge in [-0.2, -0.15) is 0 Å². The minimum atomic E-state index is -0.207. The summed E-state index contributed by atoms with van der Waals surface area (Å²) >= 11 is 0. The topological polar surface area (TPSA) is 50.7 Å². The van der Waals surface area contributed by atoms with E-state index in [1.54, 1.807) is 13.2 Å². The lowest BCUT2D eigenvalue weighted by molar-refractivity contribution is -0.115. The second-order valence-corrected chi connectivity index (χ2v) is 5.05. The van der Waals surface area contributed by atoms with Gasteiger partial charge in [0.05, 0.1) is 7.11 Å². The average Bonchev–Trinajstić information content (AvgIpc) is 2.89. The van der Waals surface area contributed by atoms with E-state index in [0.29, 0.717) is 17.3 Å². The first-order valence-corrected chi connectivity index (χ1v) is 6.99. The highest BCUT2D eigenvalue weighted by Crippen LogP contribution is 2.22. The summed E-state index contributed by atoms with van der Waals surface area (Å²) in [6.45, 7) is 2.02. The second kappa shape index (κ2) is 5.85. The summed E-state index contributed by atoms with van der Waals surface area (Å²) in [5.74, 6) is 1.08. The number of amidine groups is 1. The smallest absolute Gasteiger partial charge is 0.275 e. The molecule has 0 aliphatic carbocycles. The number of aliphatic imine (C=N–C) groups is 1. The molecule has 0 unspecified atom stereocenters. The summed E-state index contributed by atoms with van der Waals surface area (Å²) in [5, 5.41) is 2.80. The summed E-state index contributed by atoms with van der Waals surface area (Å²) in [5.41, 5.74) is 3.25. The minimum Gasteiger partial charge on any atom is -0.496 e. The Labute approximate surface area is 129 Å². The van der Waals surface area contributed by atoms with Crippen LogP contribution in [0.2, 0.25) is 0 Å². The monoisotopic (exact) mass is 292 g/mol.